The van der Waals surface area contributed by atoms with E-state index in [9.17, 15) is 14.4 Å². The average Bonchev–Trinajstić information content (AvgIpc) is 2.74. The van der Waals surface area contributed by atoms with Crippen molar-refractivity contribution in [2.24, 2.45) is 0 Å². The second-order valence-corrected chi connectivity index (χ2v) is 6.16. The Kier molecular flexibility index (Phi) is 9.01. The number of benzene rings is 2. The van der Waals surface area contributed by atoms with Crippen molar-refractivity contribution >= 4 is 18.2 Å². The van der Waals surface area contributed by atoms with E-state index in [0.29, 0.717) is 0 Å². The van der Waals surface area contributed by atoms with Crippen molar-refractivity contribution < 1.29 is 29.0 Å². The summed E-state index contributed by atoms with van der Waals surface area (Å²) in [4.78, 5) is 36.1. The molecule has 0 radical (unpaired) electrons. The van der Waals surface area contributed by atoms with Gasteiger partial charge in [-0.25, -0.2) is 9.59 Å². The van der Waals surface area contributed by atoms with Gasteiger partial charge in [-0.1, -0.05) is 60.7 Å². The highest BCUT2D eigenvalue weighted by atomic mass is 16.6. The molecule has 0 saturated heterocycles. The van der Waals surface area contributed by atoms with E-state index in [-0.39, 0.29) is 39.3 Å². The van der Waals surface area contributed by atoms with Crippen molar-refractivity contribution in [1.29, 1.82) is 0 Å². The third-order valence-corrected chi connectivity index (χ3v) is 3.92. The Balaban J connectivity index is 1.76. The highest BCUT2D eigenvalue weighted by Gasteiger charge is 2.17. The van der Waals surface area contributed by atoms with Crippen LogP contribution >= 0.6 is 0 Å². The Morgan fingerprint density at radius 3 is 1.93 bits per heavy atom. The molecule has 0 aliphatic heterocycles. The number of nitrogens with one attached hydrogen (secondary N) is 1. The summed E-state index contributed by atoms with van der Waals surface area (Å²) in [5.41, 5.74) is 1.68. The van der Waals surface area contributed by atoms with Gasteiger partial charge in [0, 0.05) is 19.6 Å². The van der Waals surface area contributed by atoms with Crippen LogP contribution in [0.2, 0.25) is 0 Å². The van der Waals surface area contributed by atoms with Gasteiger partial charge < -0.3 is 24.8 Å². The lowest BCUT2D eigenvalue weighted by molar-refractivity contribution is -0.137. The van der Waals surface area contributed by atoms with Gasteiger partial charge in [0.2, 0.25) is 0 Å². The maximum atomic E-state index is 12.3. The van der Waals surface area contributed by atoms with E-state index >= 15 is 0 Å². The smallest absolute Gasteiger partial charge is 0.410 e. The monoisotopic (exact) mass is 400 g/mol. The van der Waals surface area contributed by atoms with Gasteiger partial charge in [-0.05, 0) is 11.1 Å². The number of aliphatic carboxylic acids is 1. The number of rotatable bonds is 10. The fraction of sp³-hybridized carbons (Fsp3) is 0.286. The molecule has 29 heavy (non-hydrogen) atoms. The number of hydrogen-bond donors (Lipinski definition) is 2. The van der Waals surface area contributed by atoms with Gasteiger partial charge in [0.05, 0.1) is 6.42 Å². The molecule has 0 unspecified atom stereocenters. The molecule has 0 aromatic heterocycles. The summed E-state index contributed by atoms with van der Waals surface area (Å²) in [6.07, 6.45) is -1.49. The molecule has 0 spiro atoms. The first kappa shape index (κ1) is 21.7. The minimum atomic E-state index is -1.03. The van der Waals surface area contributed by atoms with Crippen molar-refractivity contribution in [1.82, 2.24) is 10.2 Å². The average molecular weight is 400 g/mol. The van der Waals surface area contributed by atoms with Gasteiger partial charge >= 0.3 is 18.2 Å². The maximum Gasteiger partial charge on any atom is 0.410 e. The molecule has 0 atom stereocenters. The summed E-state index contributed by atoms with van der Waals surface area (Å²) < 4.78 is 10.3. The molecule has 0 heterocycles. The number of carbonyl (C=O) groups excluding carboxylic acids is 2. The molecule has 2 aromatic rings. The highest BCUT2D eigenvalue weighted by Crippen LogP contribution is 2.04. The van der Waals surface area contributed by atoms with Crippen LogP contribution in [0.4, 0.5) is 9.59 Å². The molecule has 0 aliphatic carbocycles. The van der Waals surface area contributed by atoms with Gasteiger partial charge in [-0.3, -0.25) is 4.79 Å². The summed E-state index contributed by atoms with van der Waals surface area (Å²) in [6.45, 7) is 0.392. The number of carboxylic acid groups (broad SMARTS) is 1. The van der Waals surface area contributed by atoms with Gasteiger partial charge in [0.1, 0.15) is 13.2 Å². The van der Waals surface area contributed by atoms with Crippen molar-refractivity contribution in [2.45, 2.75) is 19.6 Å². The van der Waals surface area contributed by atoms with Crippen LogP contribution in [0.5, 0.6) is 0 Å². The Bertz CT molecular complexity index is 782. The van der Waals surface area contributed by atoms with Gasteiger partial charge in [0.15, 0.2) is 0 Å². The topological polar surface area (TPSA) is 105 Å². The minimum Gasteiger partial charge on any atom is -0.481 e. The number of amides is 2. The largest absolute Gasteiger partial charge is 0.481 e. The first-order valence-corrected chi connectivity index (χ1v) is 9.16. The third-order valence-electron chi connectivity index (χ3n) is 3.92. The third kappa shape index (κ3) is 8.79. The fourth-order valence-electron chi connectivity index (χ4n) is 2.40. The summed E-state index contributed by atoms with van der Waals surface area (Å²) in [5, 5.41) is 11.4. The molecule has 2 aromatic carbocycles. The molecule has 0 bridgehead atoms. The standard InChI is InChI=1S/C21H24N2O6/c24-19(25)11-13-23(21(27)29-16-18-9-5-2-6-10-18)14-12-22-20(26)28-15-17-7-3-1-4-8-17/h1-10H,11-16H2,(H,22,26)(H,24,25). The summed E-state index contributed by atoms with van der Waals surface area (Å²) in [7, 11) is 0. The lowest BCUT2D eigenvalue weighted by Gasteiger charge is -2.21. The van der Waals surface area contributed by atoms with E-state index in [1.807, 2.05) is 60.7 Å². The number of carbonyl (C=O) groups is 3. The first-order chi connectivity index (χ1) is 14.0. The highest BCUT2D eigenvalue weighted by molar-refractivity contribution is 5.71. The maximum absolute atomic E-state index is 12.3. The van der Waals surface area contributed by atoms with Gasteiger partial charge in [-0.15, -0.1) is 0 Å². The molecular weight excluding hydrogens is 376 g/mol. The fourth-order valence-corrected chi connectivity index (χ4v) is 2.40. The zero-order chi connectivity index (χ0) is 20.9. The predicted molar refractivity (Wildman–Crippen MR) is 105 cm³/mol. The summed E-state index contributed by atoms with van der Waals surface area (Å²) >= 11 is 0. The van der Waals surface area contributed by atoms with E-state index in [1.165, 1.54) is 4.90 Å². The lowest BCUT2D eigenvalue weighted by atomic mass is 10.2. The zero-order valence-electron chi connectivity index (χ0n) is 16.0. The number of alkyl carbamates (subject to hydrolysis) is 1. The van der Waals surface area contributed by atoms with Crippen LogP contribution in [-0.4, -0.2) is 47.8 Å². The Morgan fingerprint density at radius 2 is 1.38 bits per heavy atom. The second kappa shape index (κ2) is 12.0. The van der Waals surface area contributed by atoms with Crippen molar-refractivity contribution in [3.63, 3.8) is 0 Å². The molecule has 154 valence electrons. The first-order valence-electron chi connectivity index (χ1n) is 9.16. The lowest BCUT2D eigenvalue weighted by Crippen LogP contribution is -2.40. The van der Waals surface area contributed by atoms with E-state index in [2.05, 4.69) is 5.32 Å². The summed E-state index contributed by atoms with van der Waals surface area (Å²) in [5.74, 6) is -1.03. The molecule has 0 fully saturated rings. The van der Waals surface area contributed by atoms with Crippen molar-refractivity contribution in [2.75, 3.05) is 19.6 Å². The zero-order valence-corrected chi connectivity index (χ0v) is 16.0. The molecule has 8 nitrogen and oxygen atoms in total. The van der Waals surface area contributed by atoms with Crippen LogP contribution < -0.4 is 5.32 Å². The van der Waals surface area contributed by atoms with E-state index < -0.39 is 18.2 Å². The van der Waals surface area contributed by atoms with Crippen molar-refractivity contribution in [3.05, 3.63) is 71.8 Å². The minimum absolute atomic E-state index is 0.0241. The molecule has 0 saturated carbocycles. The molecule has 0 aliphatic rings. The Hall–Kier alpha value is -3.55. The quantitative estimate of drug-likeness (QED) is 0.635. The van der Waals surface area contributed by atoms with Crippen LogP contribution in [0.15, 0.2) is 60.7 Å². The number of ether oxygens (including phenoxy) is 2. The Labute approximate surface area is 169 Å². The number of nitrogens with zero attached hydrogens (tertiary/aromatic N) is 1. The predicted octanol–water partition coefficient (Wildman–Crippen LogP) is 3.03. The molecule has 2 amide bonds. The van der Waals surface area contributed by atoms with Crippen LogP contribution in [0.1, 0.15) is 17.5 Å². The van der Waals surface area contributed by atoms with Crippen molar-refractivity contribution in [3.8, 4) is 0 Å². The molecule has 8 heteroatoms. The van der Waals surface area contributed by atoms with E-state index in [1.54, 1.807) is 0 Å². The van der Waals surface area contributed by atoms with E-state index in [0.717, 1.165) is 11.1 Å². The molecule has 2 N–H and O–H groups in total. The van der Waals surface area contributed by atoms with Crippen LogP contribution in [0, 0.1) is 0 Å². The van der Waals surface area contributed by atoms with Crippen LogP contribution in [0.3, 0.4) is 0 Å². The second-order valence-electron chi connectivity index (χ2n) is 6.16. The van der Waals surface area contributed by atoms with Crippen LogP contribution in [-0.2, 0) is 27.5 Å². The summed E-state index contributed by atoms with van der Waals surface area (Å²) in [6, 6.07) is 18.4. The SMILES string of the molecule is O=C(O)CCN(CCNC(=O)OCc1ccccc1)C(=O)OCc1ccccc1. The van der Waals surface area contributed by atoms with Crippen LogP contribution in [0.25, 0.3) is 0 Å². The van der Waals surface area contributed by atoms with Gasteiger partial charge in [0.25, 0.3) is 0 Å². The Morgan fingerprint density at radius 1 is 0.828 bits per heavy atom. The normalized spacial score (nSPS) is 10.1. The van der Waals surface area contributed by atoms with Gasteiger partial charge in [-0.2, -0.15) is 0 Å². The molecular formula is C21H24N2O6. The molecule has 2 rings (SSSR count). The number of carboxylic acids is 1. The number of hydrogen-bond acceptors (Lipinski definition) is 5. The van der Waals surface area contributed by atoms with E-state index in [4.69, 9.17) is 14.6 Å².